The van der Waals surface area contributed by atoms with Gasteiger partial charge in [0.15, 0.2) is 17.6 Å². The van der Waals surface area contributed by atoms with E-state index in [-0.39, 0.29) is 17.8 Å². The number of rotatable bonds is 13. The van der Waals surface area contributed by atoms with E-state index in [9.17, 15) is 23.1 Å². The van der Waals surface area contributed by atoms with Crippen LogP contribution in [0.25, 0.3) is 0 Å². The second-order valence-corrected chi connectivity index (χ2v) is 8.12. The van der Waals surface area contributed by atoms with Gasteiger partial charge < -0.3 is 37.8 Å². The minimum atomic E-state index is -1.37. The SMILES string of the molecule is NCCCN[C@@H](CCCN=C(N)N)CCCN1C=CC(NC(=O)Nc2cc(F)c(F)cc2F)=NC1O. The van der Waals surface area contributed by atoms with Gasteiger partial charge in [0.2, 0.25) is 6.35 Å². The number of hydrogen-bond donors (Lipinski definition) is 7. The summed E-state index contributed by atoms with van der Waals surface area (Å²) < 4.78 is 40.0. The van der Waals surface area contributed by atoms with Crippen molar-refractivity contribution >= 4 is 23.5 Å². The van der Waals surface area contributed by atoms with Crippen LogP contribution in [-0.4, -0.2) is 66.4 Å². The lowest BCUT2D eigenvalue weighted by Crippen LogP contribution is -2.40. The van der Waals surface area contributed by atoms with Crippen LogP contribution in [0.1, 0.15) is 32.1 Å². The average Bonchev–Trinajstić information content (AvgIpc) is 2.81. The van der Waals surface area contributed by atoms with Gasteiger partial charge in [0.25, 0.3) is 0 Å². The summed E-state index contributed by atoms with van der Waals surface area (Å²) in [7, 11) is 0. The lowest BCUT2D eigenvalue weighted by Gasteiger charge is -2.28. The molecule has 1 unspecified atom stereocenters. The molecule has 0 fully saturated rings. The molecule has 2 rings (SSSR count). The zero-order valence-electron chi connectivity index (χ0n) is 19.9. The molecule has 1 aromatic carbocycles. The van der Waals surface area contributed by atoms with E-state index in [0.717, 1.165) is 38.6 Å². The number of benzene rings is 1. The molecule has 11 nitrogen and oxygen atoms in total. The first kappa shape index (κ1) is 28.9. The van der Waals surface area contributed by atoms with Crippen LogP contribution in [0.3, 0.4) is 0 Å². The molecular weight excluding hydrogens is 479 g/mol. The summed E-state index contributed by atoms with van der Waals surface area (Å²) in [5.41, 5.74) is 15.7. The second-order valence-electron chi connectivity index (χ2n) is 8.12. The number of aliphatic imine (C=N–C) groups is 2. The fourth-order valence-electron chi connectivity index (χ4n) is 3.46. The molecule has 0 bridgehead atoms. The van der Waals surface area contributed by atoms with Gasteiger partial charge in [-0.2, -0.15) is 0 Å². The highest BCUT2D eigenvalue weighted by molar-refractivity contribution is 6.08. The van der Waals surface area contributed by atoms with Crippen molar-refractivity contribution < 1.29 is 23.1 Å². The first-order valence-corrected chi connectivity index (χ1v) is 11.6. The quantitative estimate of drug-likeness (QED) is 0.0884. The van der Waals surface area contributed by atoms with Gasteiger partial charge in [-0.05, 0) is 51.3 Å². The number of halogens is 3. The van der Waals surface area contributed by atoms with Gasteiger partial charge in [0, 0.05) is 37.5 Å². The largest absolute Gasteiger partial charge is 0.370 e. The van der Waals surface area contributed by atoms with Gasteiger partial charge in [-0.25, -0.2) is 23.0 Å². The molecule has 1 heterocycles. The van der Waals surface area contributed by atoms with Crippen LogP contribution in [-0.2, 0) is 0 Å². The molecule has 10 N–H and O–H groups in total. The molecule has 0 radical (unpaired) electrons. The maximum absolute atomic E-state index is 13.7. The number of amidine groups is 1. The van der Waals surface area contributed by atoms with Crippen molar-refractivity contribution in [3.8, 4) is 0 Å². The standard InChI is InChI=1S/C22H34F3N9O2/c23-15-12-17(25)18(13-16(15)24)31-21(35)32-19-6-11-34(22(36)33-19)10-2-5-14(29-9-3-7-26)4-1-8-30-20(27)28/h6,11-14,22,29,36H,1-5,7-10,26H2,(H4,27,28,30)(H2,31,32,33,35)/t14-,22?/m0/s1. The number of carbonyl (C=O) groups is 1. The third-order valence-corrected chi connectivity index (χ3v) is 5.26. The van der Waals surface area contributed by atoms with Crippen molar-refractivity contribution in [3.05, 3.63) is 41.9 Å². The normalized spacial score (nSPS) is 15.9. The number of aliphatic hydroxyl groups is 1. The van der Waals surface area contributed by atoms with Crippen molar-refractivity contribution in [1.82, 2.24) is 15.5 Å². The lowest BCUT2D eigenvalue weighted by molar-refractivity contribution is 0.0422. The number of nitrogens with two attached hydrogens (primary N) is 3. The van der Waals surface area contributed by atoms with Gasteiger partial charge in [-0.3, -0.25) is 10.3 Å². The monoisotopic (exact) mass is 513 g/mol. The molecule has 0 spiro atoms. The number of urea groups is 1. The Morgan fingerprint density at radius 1 is 1.11 bits per heavy atom. The van der Waals surface area contributed by atoms with Crippen LogP contribution < -0.4 is 33.2 Å². The second kappa shape index (κ2) is 14.9. The van der Waals surface area contributed by atoms with Gasteiger partial charge in [0.05, 0.1) is 5.69 Å². The number of hydrogen-bond acceptors (Lipinski definition) is 7. The van der Waals surface area contributed by atoms with E-state index in [1.165, 1.54) is 6.08 Å². The Balaban J connectivity index is 1.80. The average molecular weight is 514 g/mol. The molecule has 2 amide bonds. The molecule has 14 heteroatoms. The number of aliphatic hydroxyl groups excluding tert-OH is 1. The minimum Gasteiger partial charge on any atom is -0.370 e. The summed E-state index contributed by atoms with van der Waals surface area (Å²) in [5, 5.41) is 18.2. The predicted molar refractivity (Wildman–Crippen MR) is 132 cm³/mol. The van der Waals surface area contributed by atoms with Crippen molar-refractivity contribution in [3.63, 3.8) is 0 Å². The first-order chi connectivity index (χ1) is 17.2. The summed E-state index contributed by atoms with van der Waals surface area (Å²) in [4.78, 5) is 21.6. The Kier molecular flexibility index (Phi) is 12.0. The molecule has 0 aromatic heterocycles. The lowest BCUT2D eigenvalue weighted by atomic mass is 10.1. The van der Waals surface area contributed by atoms with Crippen LogP contribution in [0.2, 0.25) is 0 Å². The fourth-order valence-corrected chi connectivity index (χ4v) is 3.46. The number of carbonyl (C=O) groups excluding carboxylic acids is 1. The summed E-state index contributed by atoms with van der Waals surface area (Å²) in [6, 6.07) is 0.152. The van der Waals surface area contributed by atoms with Crippen molar-refractivity contribution in [2.24, 2.45) is 27.2 Å². The predicted octanol–water partition coefficient (Wildman–Crippen LogP) is 0.870. The van der Waals surface area contributed by atoms with Gasteiger partial charge >= 0.3 is 6.03 Å². The maximum Gasteiger partial charge on any atom is 0.324 e. The molecule has 1 aliphatic rings. The molecular formula is C22H34F3N9O2. The van der Waals surface area contributed by atoms with E-state index < -0.39 is 35.5 Å². The Morgan fingerprint density at radius 2 is 1.83 bits per heavy atom. The molecule has 0 saturated carbocycles. The van der Waals surface area contributed by atoms with Gasteiger partial charge in [-0.15, -0.1) is 0 Å². The Hall–Kier alpha value is -3.36. The van der Waals surface area contributed by atoms with Crippen molar-refractivity contribution in [2.75, 3.05) is 31.5 Å². The zero-order chi connectivity index (χ0) is 26.5. The van der Waals surface area contributed by atoms with E-state index in [1.54, 1.807) is 11.1 Å². The highest BCUT2D eigenvalue weighted by Gasteiger charge is 2.19. The summed E-state index contributed by atoms with van der Waals surface area (Å²) in [6.07, 6.45) is 5.93. The number of anilines is 1. The van der Waals surface area contributed by atoms with Crippen LogP contribution in [0.5, 0.6) is 0 Å². The number of amides is 2. The third kappa shape index (κ3) is 10.1. The molecule has 1 aromatic rings. The summed E-state index contributed by atoms with van der Waals surface area (Å²) in [6.45, 7) is 2.45. The van der Waals surface area contributed by atoms with Crippen molar-refractivity contribution in [1.29, 1.82) is 0 Å². The van der Waals surface area contributed by atoms with Gasteiger partial charge in [-0.1, -0.05) is 0 Å². The smallest absolute Gasteiger partial charge is 0.324 e. The molecule has 1 aliphatic heterocycles. The maximum atomic E-state index is 13.7. The summed E-state index contributed by atoms with van der Waals surface area (Å²) in [5.74, 6) is -3.73. The van der Waals surface area contributed by atoms with Gasteiger partial charge in [0.1, 0.15) is 11.7 Å². The Labute approximate surface area is 207 Å². The number of nitrogens with one attached hydrogen (secondary N) is 3. The van der Waals surface area contributed by atoms with Crippen LogP contribution in [0, 0.1) is 17.5 Å². The van der Waals surface area contributed by atoms with E-state index in [0.29, 0.717) is 31.8 Å². The Morgan fingerprint density at radius 3 is 2.53 bits per heavy atom. The molecule has 2 atom stereocenters. The topological polar surface area (TPSA) is 179 Å². The highest BCUT2D eigenvalue weighted by Crippen LogP contribution is 2.18. The zero-order valence-corrected chi connectivity index (χ0v) is 19.9. The summed E-state index contributed by atoms with van der Waals surface area (Å²) >= 11 is 0. The fraction of sp³-hybridized carbons (Fsp3) is 0.500. The minimum absolute atomic E-state index is 0.0142. The molecule has 36 heavy (non-hydrogen) atoms. The number of nitrogens with zero attached hydrogens (tertiary/aromatic N) is 3. The first-order valence-electron chi connectivity index (χ1n) is 11.6. The molecule has 0 aliphatic carbocycles. The van der Waals surface area contributed by atoms with E-state index in [4.69, 9.17) is 17.2 Å². The van der Waals surface area contributed by atoms with E-state index in [1.807, 2.05) is 0 Å². The van der Waals surface area contributed by atoms with Crippen molar-refractivity contribution in [2.45, 2.75) is 44.5 Å². The van der Waals surface area contributed by atoms with Crippen LogP contribution >= 0.6 is 0 Å². The third-order valence-electron chi connectivity index (χ3n) is 5.26. The van der Waals surface area contributed by atoms with E-state index in [2.05, 4.69) is 25.9 Å². The van der Waals surface area contributed by atoms with Crippen LogP contribution in [0.15, 0.2) is 34.4 Å². The highest BCUT2D eigenvalue weighted by atomic mass is 19.2. The van der Waals surface area contributed by atoms with Crippen LogP contribution in [0.4, 0.5) is 23.7 Å². The molecule has 200 valence electrons. The Bertz CT molecular complexity index is 955. The number of guanidine groups is 1. The molecule has 0 saturated heterocycles. The van der Waals surface area contributed by atoms with E-state index >= 15 is 0 Å².